The number of benzene rings is 2. The van der Waals surface area contributed by atoms with Gasteiger partial charge in [0.25, 0.3) is 0 Å². The van der Waals surface area contributed by atoms with E-state index in [9.17, 15) is 14.3 Å². The van der Waals surface area contributed by atoms with Crippen molar-refractivity contribution in [3.63, 3.8) is 0 Å². The number of fused-ring (bicyclic) bond motifs is 1. The maximum absolute atomic E-state index is 15.0. The molecule has 0 aliphatic carbocycles. The zero-order chi connectivity index (χ0) is 22.0. The van der Waals surface area contributed by atoms with E-state index >= 15 is 0 Å². The van der Waals surface area contributed by atoms with Crippen LogP contribution in [0, 0.1) is 5.82 Å². The van der Waals surface area contributed by atoms with Gasteiger partial charge in [-0.15, -0.1) is 0 Å². The number of halogens is 1. The van der Waals surface area contributed by atoms with E-state index < -0.39 is 0 Å². The topological polar surface area (TPSA) is 47.0 Å². The van der Waals surface area contributed by atoms with Crippen LogP contribution in [-0.4, -0.2) is 62.1 Å². The molecule has 31 heavy (non-hydrogen) atoms. The fourth-order valence-electron chi connectivity index (χ4n) is 4.07. The average Bonchev–Trinajstić information content (AvgIpc) is 2.78. The van der Waals surface area contributed by atoms with Crippen molar-refractivity contribution in [3.8, 4) is 5.75 Å². The molecule has 2 aliphatic rings. The summed E-state index contributed by atoms with van der Waals surface area (Å²) in [5.74, 6) is -0.156. The minimum Gasteiger partial charge on any atom is -0.508 e. The maximum atomic E-state index is 15.0. The molecule has 0 aromatic heterocycles. The van der Waals surface area contributed by atoms with Crippen LogP contribution in [-0.2, 0) is 4.79 Å². The Labute approximate surface area is 182 Å². The van der Waals surface area contributed by atoms with Gasteiger partial charge < -0.3 is 19.8 Å². The predicted octanol–water partition coefficient (Wildman–Crippen LogP) is 3.79. The van der Waals surface area contributed by atoms with Crippen molar-refractivity contribution in [1.29, 1.82) is 0 Å². The first-order valence-electron chi connectivity index (χ1n) is 10.7. The Bertz CT molecular complexity index is 1020. The Balaban J connectivity index is 1.59. The Morgan fingerprint density at radius 1 is 1.10 bits per heavy atom. The number of allylic oxidation sites excluding steroid dienone is 1. The lowest BCUT2D eigenvalue weighted by Gasteiger charge is -2.36. The van der Waals surface area contributed by atoms with Gasteiger partial charge in [-0.1, -0.05) is 18.2 Å². The first-order chi connectivity index (χ1) is 14.9. The molecule has 2 aromatic rings. The number of hydrogen-bond donors (Lipinski definition) is 1. The number of rotatable bonds is 5. The number of phenols is 1. The largest absolute Gasteiger partial charge is 0.508 e. The molecule has 2 heterocycles. The molecule has 162 valence electrons. The standard InChI is InChI=1S/C25H28FN3O2/c1-3-28-17-20(25(31)9-6-18-4-7-21(30)8-5-18)14-19-15-22(26)24(16-23(19)28)29-12-10-27(2)11-13-29/h4-9,14-16,30H,3,10-13,17H2,1-2H3. The van der Waals surface area contributed by atoms with Gasteiger partial charge in [-0.2, -0.15) is 0 Å². The lowest BCUT2D eigenvalue weighted by atomic mass is 9.98. The summed E-state index contributed by atoms with van der Waals surface area (Å²) in [6, 6.07) is 10.2. The van der Waals surface area contributed by atoms with Crippen molar-refractivity contribution in [2.24, 2.45) is 0 Å². The van der Waals surface area contributed by atoms with E-state index in [-0.39, 0.29) is 17.3 Å². The van der Waals surface area contributed by atoms with Crippen LogP contribution in [0.1, 0.15) is 18.1 Å². The first kappa shape index (κ1) is 21.1. The second-order valence-corrected chi connectivity index (χ2v) is 8.13. The lowest BCUT2D eigenvalue weighted by Crippen LogP contribution is -2.45. The van der Waals surface area contributed by atoms with Gasteiger partial charge in [-0.25, -0.2) is 4.39 Å². The summed E-state index contributed by atoms with van der Waals surface area (Å²) in [6.07, 6.45) is 5.07. The lowest BCUT2D eigenvalue weighted by molar-refractivity contribution is -0.111. The molecular formula is C25H28FN3O2. The van der Waals surface area contributed by atoms with Crippen molar-refractivity contribution in [1.82, 2.24) is 4.90 Å². The summed E-state index contributed by atoms with van der Waals surface area (Å²) in [7, 11) is 2.08. The average molecular weight is 422 g/mol. The Morgan fingerprint density at radius 3 is 2.48 bits per heavy atom. The minimum absolute atomic E-state index is 0.0965. The molecule has 0 radical (unpaired) electrons. The predicted molar refractivity (Wildman–Crippen MR) is 124 cm³/mol. The van der Waals surface area contributed by atoms with E-state index in [4.69, 9.17) is 0 Å². The highest BCUT2D eigenvalue weighted by Crippen LogP contribution is 2.35. The smallest absolute Gasteiger partial charge is 0.183 e. The molecule has 0 bridgehead atoms. The second kappa shape index (κ2) is 8.94. The van der Waals surface area contributed by atoms with E-state index in [1.54, 1.807) is 36.4 Å². The van der Waals surface area contributed by atoms with Crippen LogP contribution >= 0.6 is 0 Å². The number of phenolic OH excluding ortho intramolecular Hbond substituents is 1. The van der Waals surface area contributed by atoms with Crippen molar-refractivity contribution in [3.05, 3.63) is 65.0 Å². The van der Waals surface area contributed by atoms with Crippen LogP contribution < -0.4 is 9.80 Å². The van der Waals surface area contributed by atoms with Crippen LogP contribution in [0.3, 0.4) is 0 Å². The number of likely N-dealkylation sites (N-methyl/N-ethyl adjacent to an activating group) is 2. The molecule has 1 fully saturated rings. The number of piperazine rings is 1. The molecule has 0 unspecified atom stereocenters. The van der Waals surface area contributed by atoms with E-state index in [1.165, 1.54) is 6.08 Å². The zero-order valence-electron chi connectivity index (χ0n) is 18.0. The Hall–Kier alpha value is -3.12. The summed E-state index contributed by atoms with van der Waals surface area (Å²) < 4.78 is 15.0. The third-order valence-electron chi connectivity index (χ3n) is 5.99. The SMILES string of the molecule is CCN1CC(C(=O)C=Cc2ccc(O)cc2)=Cc2cc(F)c(N3CCN(C)CC3)cc21. The van der Waals surface area contributed by atoms with Crippen molar-refractivity contribution < 1.29 is 14.3 Å². The number of hydrogen-bond acceptors (Lipinski definition) is 5. The van der Waals surface area contributed by atoms with Crippen LogP contribution in [0.4, 0.5) is 15.8 Å². The fourth-order valence-corrected chi connectivity index (χ4v) is 4.07. The highest BCUT2D eigenvalue weighted by molar-refractivity contribution is 6.11. The summed E-state index contributed by atoms with van der Waals surface area (Å²) in [4.78, 5) is 19.3. The van der Waals surface area contributed by atoms with Gasteiger partial charge >= 0.3 is 0 Å². The molecule has 2 aliphatic heterocycles. The normalized spacial score (nSPS) is 17.1. The van der Waals surface area contributed by atoms with Gasteiger partial charge in [0.05, 0.1) is 5.69 Å². The van der Waals surface area contributed by atoms with Gasteiger partial charge in [0.1, 0.15) is 11.6 Å². The third-order valence-corrected chi connectivity index (χ3v) is 5.99. The quantitative estimate of drug-likeness (QED) is 0.745. The fraction of sp³-hybridized carbons (Fsp3) is 0.320. The molecule has 6 heteroatoms. The van der Waals surface area contributed by atoms with E-state index in [1.807, 2.05) is 19.1 Å². The van der Waals surface area contributed by atoms with E-state index in [2.05, 4.69) is 21.7 Å². The third kappa shape index (κ3) is 4.64. The number of carbonyl (C=O) groups is 1. The van der Waals surface area contributed by atoms with E-state index in [0.717, 1.165) is 49.5 Å². The van der Waals surface area contributed by atoms with Gasteiger partial charge in [-0.05, 0) is 56.0 Å². The molecule has 0 spiro atoms. The first-order valence-corrected chi connectivity index (χ1v) is 10.7. The molecule has 0 amide bonds. The summed E-state index contributed by atoms with van der Waals surface area (Å²) in [5, 5.41) is 9.38. The summed E-state index contributed by atoms with van der Waals surface area (Å²) in [6.45, 7) is 6.71. The van der Waals surface area contributed by atoms with Crippen LogP contribution in [0.2, 0.25) is 0 Å². The van der Waals surface area contributed by atoms with Crippen molar-refractivity contribution >= 4 is 29.3 Å². The number of carbonyl (C=O) groups excluding carboxylic acids is 1. The van der Waals surface area contributed by atoms with Crippen molar-refractivity contribution in [2.75, 3.05) is 56.1 Å². The molecule has 1 N–H and O–H groups in total. The molecule has 5 nitrogen and oxygen atoms in total. The highest BCUT2D eigenvalue weighted by atomic mass is 19.1. The summed E-state index contributed by atoms with van der Waals surface area (Å²) in [5.41, 5.74) is 3.82. The van der Waals surface area contributed by atoms with Gasteiger partial charge in [0, 0.05) is 56.1 Å². The summed E-state index contributed by atoms with van der Waals surface area (Å²) >= 11 is 0. The maximum Gasteiger partial charge on any atom is 0.183 e. The minimum atomic E-state index is -0.246. The Morgan fingerprint density at radius 2 is 1.81 bits per heavy atom. The molecule has 2 aromatic carbocycles. The van der Waals surface area contributed by atoms with Gasteiger partial charge in [-0.3, -0.25) is 4.79 Å². The van der Waals surface area contributed by atoms with Crippen LogP contribution in [0.15, 0.2) is 48.0 Å². The molecule has 0 saturated carbocycles. The zero-order valence-corrected chi connectivity index (χ0v) is 18.0. The van der Waals surface area contributed by atoms with Gasteiger partial charge in [0.15, 0.2) is 5.78 Å². The number of aromatic hydroxyl groups is 1. The monoisotopic (exact) mass is 421 g/mol. The number of nitrogens with zero attached hydrogens (tertiary/aromatic N) is 3. The van der Waals surface area contributed by atoms with Crippen LogP contribution in [0.25, 0.3) is 12.2 Å². The second-order valence-electron chi connectivity index (χ2n) is 8.13. The number of anilines is 2. The van der Waals surface area contributed by atoms with Crippen LogP contribution in [0.5, 0.6) is 5.75 Å². The molecule has 1 saturated heterocycles. The molecule has 4 rings (SSSR count). The molecule has 0 atom stereocenters. The van der Waals surface area contributed by atoms with Gasteiger partial charge in [0.2, 0.25) is 0 Å². The molecular weight excluding hydrogens is 393 g/mol. The van der Waals surface area contributed by atoms with Crippen molar-refractivity contribution in [2.45, 2.75) is 6.92 Å². The Kier molecular flexibility index (Phi) is 6.09. The number of ketones is 1. The van der Waals surface area contributed by atoms with E-state index in [0.29, 0.717) is 17.8 Å². The highest BCUT2D eigenvalue weighted by Gasteiger charge is 2.24.